The van der Waals surface area contributed by atoms with Gasteiger partial charge < -0.3 is 15.8 Å². The van der Waals surface area contributed by atoms with Crippen molar-refractivity contribution in [3.8, 4) is 0 Å². The van der Waals surface area contributed by atoms with Crippen LogP contribution in [-0.2, 0) is 9.53 Å². The molecule has 0 heterocycles. The highest BCUT2D eigenvalue weighted by atomic mass is 16.5. The van der Waals surface area contributed by atoms with E-state index < -0.39 is 5.54 Å². The highest BCUT2D eigenvalue weighted by molar-refractivity contribution is 5.84. The third-order valence-electron chi connectivity index (χ3n) is 4.48. The Morgan fingerprint density at radius 3 is 2.47 bits per heavy atom. The molecule has 0 radical (unpaired) electrons. The lowest BCUT2D eigenvalue weighted by Crippen LogP contribution is -2.51. The predicted octanol–water partition coefficient (Wildman–Crippen LogP) is 2.22. The molecule has 3 N–H and O–H groups in total. The highest BCUT2D eigenvalue weighted by Crippen LogP contribution is 2.25. The van der Waals surface area contributed by atoms with Crippen molar-refractivity contribution in [1.82, 2.24) is 5.32 Å². The molecule has 0 aliphatic heterocycles. The van der Waals surface area contributed by atoms with Crippen molar-refractivity contribution in [2.75, 3.05) is 13.7 Å². The van der Waals surface area contributed by atoms with Gasteiger partial charge in [0.25, 0.3) is 0 Å². The first-order valence-electron chi connectivity index (χ1n) is 7.58. The van der Waals surface area contributed by atoms with Gasteiger partial charge in [-0.05, 0) is 64.8 Å². The molecule has 0 aromatic heterocycles. The van der Waals surface area contributed by atoms with E-state index in [4.69, 9.17) is 10.5 Å². The molecule has 4 nitrogen and oxygen atoms in total. The average molecular weight is 270 g/mol. The number of hydrogen-bond donors (Lipinski definition) is 2. The molecule has 0 saturated heterocycles. The number of carbonyl (C=O) groups is 1. The van der Waals surface area contributed by atoms with Crippen LogP contribution in [0.2, 0.25) is 0 Å². The van der Waals surface area contributed by atoms with E-state index in [2.05, 4.69) is 12.2 Å². The van der Waals surface area contributed by atoms with E-state index in [-0.39, 0.29) is 5.91 Å². The van der Waals surface area contributed by atoms with Crippen LogP contribution < -0.4 is 11.1 Å². The fourth-order valence-electron chi connectivity index (χ4n) is 2.60. The summed E-state index contributed by atoms with van der Waals surface area (Å²) in [6.45, 7) is 4.98. The number of ether oxygens (including phenoxy) is 1. The monoisotopic (exact) mass is 270 g/mol. The van der Waals surface area contributed by atoms with Gasteiger partial charge in [-0.3, -0.25) is 4.79 Å². The topological polar surface area (TPSA) is 64.3 Å². The van der Waals surface area contributed by atoms with Crippen LogP contribution in [0.1, 0.15) is 58.8 Å². The van der Waals surface area contributed by atoms with Gasteiger partial charge in [0.1, 0.15) is 0 Å². The van der Waals surface area contributed by atoms with Crippen molar-refractivity contribution in [3.63, 3.8) is 0 Å². The van der Waals surface area contributed by atoms with Gasteiger partial charge in [0, 0.05) is 6.61 Å². The molecule has 0 aromatic rings. The van der Waals surface area contributed by atoms with Crippen molar-refractivity contribution in [1.29, 1.82) is 0 Å². The van der Waals surface area contributed by atoms with Crippen LogP contribution in [-0.4, -0.2) is 31.2 Å². The Morgan fingerprint density at radius 2 is 1.95 bits per heavy atom. The van der Waals surface area contributed by atoms with Crippen LogP contribution in [0.4, 0.5) is 0 Å². The maximum Gasteiger partial charge on any atom is 0.237 e. The first-order chi connectivity index (χ1) is 8.98. The SMILES string of the molecule is CNC(C)(CCCCOC1CCC(C)CC1)C(N)=O. The molecule has 1 unspecified atom stereocenters. The van der Waals surface area contributed by atoms with E-state index >= 15 is 0 Å². The largest absolute Gasteiger partial charge is 0.378 e. The quantitative estimate of drug-likeness (QED) is 0.665. The van der Waals surface area contributed by atoms with Crippen LogP contribution in [0.15, 0.2) is 0 Å². The van der Waals surface area contributed by atoms with Crippen LogP contribution >= 0.6 is 0 Å². The Balaban J connectivity index is 2.09. The second-order valence-corrected chi connectivity index (χ2v) is 6.16. The number of primary amides is 1. The molecule has 1 amide bonds. The Morgan fingerprint density at radius 1 is 1.32 bits per heavy atom. The predicted molar refractivity (Wildman–Crippen MR) is 77.9 cm³/mol. The van der Waals surface area contributed by atoms with Gasteiger partial charge in [0.05, 0.1) is 11.6 Å². The Kier molecular flexibility index (Phi) is 6.80. The summed E-state index contributed by atoms with van der Waals surface area (Å²) in [4.78, 5) is 11.3. The van der Waals surface area contributed by atoms with E-state index in [9.17, 15) is 4.79 Å². The first kappa shape index (κ1) is 16.4. The van der Waals surface area contributed by atoms with Gasteiger partial charge >= 0.3 is 0 Å². The number of amides is 1. The smallest absolute Gasteiger partial charge is 0.237 e. The van der Waals surface area contributed by atoms with Crippen molar-refractivity contribution in [2.24, 2.45) is 11.7 Å². The third kappa shape index (κ3) is 5.49. The zero-order valence-electron chi connectivity index (χ0n) is 12.7. The van der Waals surface area contributed by atoms with E-state index in [0.29, 0.717) is 6.10 Å². The van der Waals surface area contributed by atoms with Gasteiger partial charge in [-0.1, -0.05) is 6.92 Å². The zero-order valence-corrected chi connectivity index (χ0v) is 12.7. The lowest BCUT2D eigenvalue weighted by Gasteiger charge is -2.27. The number of hydrogen-bond acceptors (Lipinski definition) is 3. The van der Waals surface area contributed by atoms with Crippen molar-refractivity contribution in [3.05, 3.63) is 0 Å². The summed E-state index contributed by atoms with van der Waals surface area (Å²) >= 11 is 0. The average Bonchev–Trinajstić information content (AvgIpc) is 2.40. The number of likely N-dealkylation sites (N-methyl/N-ethyl adjacent to an activating group) is 1. The van der Waals surface area contributed by atoms with E-state index in [0.717, 1.165) is 31.8 Å². The fourth-order valence-corrected chi connectivity index (χ4v) is 2.60. The van der Waals surface area contributed by atoms with Crippen LogP contribution in [0, 0.1) is 5.92 Å². The van der Waals surface area contributed by atoms with E-state index in [1.807, 2.05) is 6.92 Å². The standard InChI is InChI=1S/C15H30N2O2/c1-12-6-8-13(9-7-12)19-11-5-4-10-15(2,17-3)14(16)18/h12-13,17H,4-11H2,1-3H3,(H2,16,18). The van der Waals surface area contributed by atoms with Gasteiger partial charge in [-0.15, -0.1) is 0 Å². The second-order valence-electron chi connectivity index (χ2n) is 6.16. The Bertz CT molecular complexity index is 275. The number of carbonyl (C=O) groups excluding carboxylic acids is 1. The minimum Gasteiger partial charge on any atom is -0.378 e. The Labute approximate surface area is 117 Å². The molecular formula is C15H30N2O2. The minimum atomic E-state index is -0.583. The first-order valence-corrected chi connectivity index (χ1v) is 7.58. The molecule has 1 saturated carbocycles. The molecule has 0 aromatic carbocycles. The lowest BCUT2D eigenvalue weighted by molar-refractivity contribution is -0.123. The molecule has 1 fully saturated rings. The van der Waals surface area contributed by atoms with Gasteiger partial charge in [0.2, 0.25) is 5.91 Å². The van der Waals surface area contributed by atoms with Crippen LogP contribution in [0.3, 0.4) is 0 Å². The summed E-state index contributed by atoms with van der Waals surface area (Å²) < 4.78 is 5.90. The van der Waals surface area contributed by atoms with Gasteiger partial charge in [-0.25, -0.2) is 0 Å². The normalized spacial score (nSPS) is 26.9. The second kappa shape index (κ2) is 7.85. The highest BCUT2D eigenvalue weighted by Gasteiger charge is 2.28. The summed E-state index contributed by atoms with van der Waals surface area (Å²) in [5.41, 5.74) is 4.81. The van der Waals surface area contributed by atoms with Crippen molar-refractivity contribution in [2.45, 2.75) is 70.4 Å². The molecule has 1 atom stereocenters. The van der Waals surface area contributed by atoms with Crippen molar-refractivity contribution < 1.29 is 9.53 Å². The zero-order chi connectivity index (χ0) is 14.3. The lowest BCUT2D eigenvalue weighted by atomic mass is 9.89. The molecule has 1 aliphatic carbocycles. The fraction of sp³-hybridized carbons (Fsp3) is 0.933. The molecule has 1 aliphatic rings. The van der Waals surface area contributed by atoms with E-state index in [1.165, 1.54) is 25.7 Å². The summed E-state index contributed by atoms with van der Waals surface area (Å²) in [5, 5.41) is 3.01. The summed E-state index contributed by atoms with van der Waals surface area (Å²) in [6.07, 6.45) is 8.19. The van der Waals surface area contributed by atoms with Gasteiger partial charge in [0.15, 0.2) is 0 Å². The molecule has 4 heteroatoms. The summed E-state index contributed by atoms with van der Waals surface area (Å²) in [5.74, 6) is 0.587. The van der Waals surface area contributed by atoms with E-state index in [1.54, 1.807) is 7.05 Å². The van der Waals surface area contributed by atoms with Crippen LogP contribution in [0.25, 0.3) is 0 Å². The number of nitrogens with one attached hydrogen (secondary N) is 1. The van der Waals surface area contributed by atoms with Crippen LogP contribution in [0.5, 0.6) is 0 Å². The molecule has 0 bridgehead atoms. The summed E-state index contributed by atoms with van der Waals surface area (Å²) in [7, 11) is 1.78. The molecule has 0 spiro atoms. The van der Waals surface area contributed by atoms with Crippen molar-refractivity contribution >= 4 is 5.91 Å². The minimum absolute atomic E-state index is 0.280. The van der Waals surface area contributed by atoms with Gasteiger partial charge in [-0.2, -0.15) is 0 Å². The number of unbranched alkanes of at least 4 members (excludes halogenated alkanes) is 1. The molecule has 1 rings (SSSR count). The molecule has 112 valence electrons. The maximum absolute atomic E-state index is 11.3. The summed E-state index contributed by atoms with van der Waals surface area (Å²) in [6, 6.07) is 0. The third-order valence-corrected chi connectivity index (χ3v) is 4.48. The molecular weight excluding hydrogens is 240 g/mol. The maximum atomic E-state index is 11.3. The molecule has 19 heavy (non-hydrogen) atoms. The number of nitrogens with two attached hydrogens (primary N) is 1. The number of rotatable bonds is 8. The Hall–Kier alpha value is -0.610.